The van der Waals surface area contributed by atoms with Gasteiger partial charge in [0.15, 0.2) is 11.5 Å². The van der Waals surface area contributed by atoms with E-state index in [9.17, 15) is 0 Å². The highest BCUT2D eigenvalue weighted by Gasteiger charge is 2.26. The molecular formula is C16H23NO3. The second-order valence-electron chi connectivity index (χ2n) is 5.82. The van der Waals surface area contributed by atoms with Crippen molar-refractivity contribution in [1.82, 2.24) is 5.32 Å². The zero-order chi connectivity index (χ0) is 13.9. The van der Waals surface area contributed by atoms with Crippen molar-refractivity contribution in [1.29, 1.82) is 0 Å². The Morgan fingerprint density at radius 3 is 2.70 bits per heavy atom. The normalized spacial score (nSPS) is 26.4. The van der Waals surface area contributed by atoms with Crippen molar-refractivity contribution in [2.75, 3.05) is 26.3 Å². The average molecular weight is 277 g/mol. The number of morpholine rings is 1. The van der Waals surface area contributed by atoms with Crippen LogP contribution in [0.5, 0.6) is 11.5 Å². The van der Waals surface area contributed by atoms with Gasteiger partial charge in [-0.1, -0.05) is 19.9 Å². The van der Waals surface area contributed by atoms with Crippen LogP contribution >= 0.6 is 0 Å². The fraction of sp³-hybridized carbons (Fsp3) is 0.625. The van der Waals surface area contributed by atoms with Crippen LogP contribution in [-0.2, 0) is 4.74 Å². The fourth-order valence-corrected chi connectivity index (χ4v) is 2.63. The summed E-state index contributed by atoms with van der Waals surface area (Å²) in [4.78, 5) is 0. The van der Waals surface area contributed by atoms with Crippen LogP contribution in [0, 0.1) is 5.92 Å². The van der Waals surface area contributed by atoms with E-state index in [0.29, 0.717) is 5.92 Å². The van der Waals surface area contributed by atoms with Crippen LogP contribution < -0.4 is 14.8 Å². The van der Waals surface area contributed by atoms with Crippen LogP contribution in [0.2, 0.25) is 0 Å². The minimum atomic E-state index is 0.0910. The maximum atomic E-state index is 6.20. The zero-order valence-corrected chi connectivity index (χ0v) is 12.2. The van der Waals surface area contributed by atoms with Gasteiger partial charge in [-0.3, -0.25) is 0 Å². The molecule has 0 spiro atoms. The van der Waals surface area contributed by atoms with Crippen LogP contribution in [0.15, 0.2) is 18.2 Å². The van der Waals surface area contributed by atoms with E-state index in [2.05, 4.69) is 31.3 Å². The van der Waals surface area contributed by atoms with Crippen LogP contribution in [0.3, 0.4) is 0 Å². The van der Waals surface area contributed by atoms with Crippen molar-refractivity contribution in [3.63, 3.8) is 0 Å². The monoisotopic (exact) mass is 277 g/mol. The molecule has 0 bridgehead atoms. The van der Waals surface area contributed by atoms with Crippen molar-refractivity contribution < 1.29 is 14.2 Å². The first kappa shape index (κ1) is 13.7. The lowest BCUT2D eigenvalue weighted by Crippen LogP contribution is -2.43. The molecule has 3 rings (SSSR count). The van der Waals surface area contributed by atoms with Gasteiger partial charge in [0.2, 0.25) is 0 Å². The smallest absolute Gasteiger partial charge is 0.161 e. The molecule has 2 heterocycles. The number of hydrogen-bond acceptors (Lipinski definition) is 4. The van der Waals surface area contributed by atoms with Gasteiger partial charge in [-0.05, 0) is 23.6 Å². The van der Waals surface area contributed by atoms with E-state index < -0.39 is 0 Å². The molecule has 2 aliphatic heterocycles. The number of fused-ring (bicyclic) bond motifs is 1. The summed E-state index contributed by atoms with van der Waals surface area (Å²) in [7, 11) is 0. The molecule has 1 N–H and O–H groups in total. The molecule has 2 atom stereocenters. The van der Waals surface area contributed by atoms with E-state index in [1.165, 1.54) is 0 Å². The predicted molar refractivity (Wildman–Crippen MR) is 77.4 cm³/mol. The fourth-order valence-electron chi connectivity index (χ4n) is 2.63. The van der Waals surface area contributed by atoms with Crippen molar-refractivity contribution in [2.45, 2.75) is 32.5 Å². The quantitative estimate of drug-likeness (QED) is 0.901. The maximum Gasteiger partial charge on any atom is 0.161 e. The molecule has 0 radical (unpaired) electrons. The molecule has 2 aliphatic rings. The molecule has 1 fully saturated rings. The Hall–Kier alpha value is -1.26. The summed E-state index contributed by atoms with van der Waals surface area (Å²) in [6.45, 7) is 7.62. The summed E-state index contributed by atoms with van der Waals surface area (Å²) in [5, 5.41) is 3.46. The summed E-state index contributed by atoms with van der Waals surface area (Å²) in [6.07, 6.45) is 1.29. The van der Waals surface area contributed by atoms with Gasteiger partial charge in [0.05, 0.1) is 25.4 Å². The van der Waals surface area contributed by atoms with Crippen molar-refractivity contribution in [3.05, 3.63) is 23.8 Å². The highest BCUT2D eigenvalue weighted by molar-refractivity contribution is 5.44. The number of nitrogens with one attached hydrogen (secondary N) is 1. The summed E-state index contributed by atoms with van der Waals surface area (Å²) in [6, 6.07) is 6.15. The standard InChI is InChI=1S/C16H23NO3/c1-11(2)15-9-17-10-16(20-15)12-4-5-13-14(8-12)19-7-3-6-18-13/h4-5,8,11,15-17H,3,6-7,9-10H2,1-2H3. The largest absolute Gasteiger partial charge is 0.490 e. The lowest BCUT2D eigenvalue weighted by atomic mass is 10.0. The van der Waals surface area contributed by atoms with Gasteiger partial charge in [-0.15, -0.1) is 0 Å². The molecule has 20 heavy (non-hydrogen) atoms. The van der Waals surface area contributed by atoms with Crippen molar-refractivity contribution in [3.8, 4) is 11.5 Å². The Labute approximate surface area is 120 Å². The van der Waals surface area contributed by atoms with Gasteiger partial charge < -0.3 is 19.5 Å². The Morgan fingerprint density at radius 2 is 1.90 bits per heavy atom. The van der Waals surface area contributed by atoms with Gasteiger partial charge in [-0.25, -0.2) is 0 Å². The Kier molecular flexibility index (Phi) is 4.13. The van der Waals surface area contributed by atoms with Gasteiger partial charge in [0.1, 0.15) is 0 Å². The van der Waals surface area contributed by atoms with Gasteiger partial charge >= 0.3 is 0 Å². The molecule has 0 amide bonds. The maximum absolute atomic E-state index is 6.20. The van der Waals surface area contributed by atoms with Crippen LogP contribution in [0.25, 0.3) is 0 Å². The summed E-state index contributed by atoms with van der Waals surface area (Å²) in [5.41, 5.74) is 1.16. The number of benzene rings is 1. The lowest BCUT2D eigenvalue weighted by molar-refractivity contribution is -0.0604. The number of rotatable bonds is 2. The minimum absolute atomic E-state index is 0.0910. The number of ether oxygens (including phenoxy) is 3. The van der Waals surface area contributed by atoms with E-state index in [0.717, 1.165) is 49.8 Å². The van der Waals surface area contributed by atoms with E-state index in [1.54, 1.807) is 0 Å². The molecular weight excluding hydrogens is 254 g/mol. The second kappa shape index (κ2) is 6.02. The summed E-state index contributed by atoms with van der Waals surface area (Å²) in [5.74, 6) is 2.21. The van der Waals surface area contributed by atoms with Gasteiger partial charge in [0, 0.05) is 19.5 Å². The van der Waals surface area contributed by atoms with E-state index in [4.69, 9.17) is 14.2 Å². The minimum Gasteiger partial charge on any atom is -0.490 e. The van der Waals surface area contributed by atoms with Crippen LogP contribution in [0.4, 0.5) is 0 Å². The highest BCUT2D eigenvalue weighted by Crippen LogP contribution is 2.34. The summed E-state index contributed by atoms with van der Waals surface area (Å²) >= 11 is 0. The molecule has 0 aromatic heterocycles. The Balaban J connectivity index is 1.78. The Morgan fingerprint density at radius 1 is 1.10 bits per heavy atom. The molecule has 1 aromatic rings. The zero-order valence-electron chi connectivity index (χ0n) is 12.2. The van der Waals surface area contributed by atoms with Crippen LogP contribution in [-0.4, -0.2) is 32.4 Å². The topological polar surface area (TPSA) is 39.7 Å². The third-order valence-electron chi connectivity index (χ3n) is 3.90. The molecule has 1 aromatic carbocycles. The average Bonchev–Trinajstić information content (AvgIpc) is 2.71. The van der Waals surface area contributed by atoms with Gasteiger partial charge in [-0.2, -0.15) is 0 Å². The molecule has 110 valence electrons. The van der Waals surface area contributed by atoms with Crippen molar-refractivity contribution >= 4 is 0 Å². The molecule has 2 unspecified atom stereocenters. The first-order valence-corrected chi connectivity index (χ1v) is 7.50. The summed E-state index contributed by atoms with van der Waals surface area (Å²) < 4.78 is 17.6. The first-order valence-electron chi connectivity index (χ1n) is 7.50. The second-order valence-corrected chi connectivity index (χ2v) is 5.82. The molecule has 4 nitrogen and oxygen atoms in total. The van der Waals surface area contributed by atoms with E-state index in [-0.39, 0.29) is 12.2 Å². The number of hydrogen-bond donors (Lipinski definition) is 1. The Bertz CT molecular complexity index is 461. The van der Waals surface area contributed by atoms with E-state index in [1.807, 2.05) is 6.07 Å². The first-order chi connectivity index (χ1) is 9.74. The third kappa shape index (κ3) is 2.91. The molecule has 1 saturated heterocycles. The molecule has 0 saturated carbocycles. The SMILES string of the molecule is CC(C)C1CNCC(c2ccc3c(c2)OCCCO3)O1. The highest BCUT2D eigenvalue weighted by atomic mass is 16.5. The van der Waals surface area contributed by atoms with Gasteiger partial charge in [0.25, 0.3) is 0 Å². The molecule has 0 aliphatic carbocycles. The molecule has 4 heteroatoms. The van der Waals surface area contributed by atoms with Crippen molar-refractivity contribution in [2.24, 2.45) is 5.92 Å². The predicted octanol–water partition coefficient (Wildman–Crippen LogP) is 2.53. The van der Waals surface area contributed by atoms with Crippen LogP contribution in [0.1, 0.15) is 31.9 Å². The van der Waals surface area contributed by atoms with E-state index >= 15 is 0 Å². The third-order valence-corrected chi connectivity index (χ3v) is 3.90. The lowest BCUT2D eigenvalue weighted by Gasteiger charge is -2.33.